The molecule has 0 amide bonds. The predicted molar refractivity (Wildman–Crippen MR) is 97.6 cm³/mol. The van der Waals surface area contributed by atoms with Gasteiger partial charge < -0.3 is 9.30 Å². The van der Waals surface area contributed by atoms with Gasteiger partial charge in [0.05, 0.1) is 13.4 Å². The summed E-state index contributed by atoms with van der Waals surface area (Å²) >= 11 is 0. The standard InChI is InChI=1S/C21H24N2O/c1-4-20(18-6-5-7-19(12-18)24-3)21-13-22-15-23(21)14-17-10-8-16(2)9-11-17/h5-13,15,20H,4,14H2,1-3H3. The van der Waals surface area contributed by atoms with Crippen LogP contribution in [-0.4, -0.2) is 16.7 Å². The third-order valence-electron chi connectivity index (χ3n) is 4.48. The molecule has 0 aliphatic carbocycles. The van der Waals surface area contributed by atoms with Crippen molar-refractivity contribution in [1.29, 1.82) is 0 Å². The molecule has 0 saturated heterocycles. The average Bonchev–Trinajstić information content (AvgIpc) is 3.06. The first-order valence-corrected chi connectivity index (χ1v) is 8.40. The van der Waals surface area contributed by atoms with Gasteiger partial charge in [0.1, 0.15) is 5.75 Å². The normalized spacial score (nSPS) is 12.1. The molecule has 0 aliphatic rings. The molecule has 3 heteroatoms. The molecule has 3 nitrogen and oxygen atoms in total. The van der Waals surface area contributed by atoms with Crippen molar-refractivity contribution in [2.75, 3.05) is 7.11 Å². The van der Waals surface area contributed by atoms with Crippen LogP contribution in [0.4, 0.5) is 0 Å². The van der Waals surface area contributed by atoms with E-state index in [2.05, 4.69) is 65.9 Å². The summed E-state index contributed by atoms with van der Waals surface area (Å²) in [5, 5.41) is 0. The number of methoxy groups -OCH3 is 1. The molecule has 3 rings (SSSR count). The van der Waals surface area contributed by atoms with Crippen LogP contribution in [0.2, 0.25) is 0 Å². The quantitative estimate of drug-likeness (QED) is 0.653. The van der Waals surface area contributed by atoms with E-state index in [1.165, 1.54) is 22.4 Å². The van der Waals surface area contributed by atoms with E-state index in [4.69, 9.17) is 4.74 Å². The predicted octanol–water partition coefficient (Wildman–Crippen LogP) is 4.79. The molecule has 1 unspecified atom stereocenters. The van der Waals surface area contributed by atoms with E-state index in [0.717, 1.165) is 18.7 Å². The maximum atomic E-state index is 5.38. The van der Waals surface area contributed by atoms with Gasteiger partial charge in [-0.3, -0.25) is 0 Å². The number of nitrogens with zero attached hydrogens (tertiary/aromatic N) is 2. The van der Waals surface area contributed by atoms with E-state index in [9.17, 15) is 0 Å². The molecule has 0 fully saturated rings. The number of ether oxygens (including phenoxy) is 1. The van der Waals surface area contributed by atoms with Gasteiger partial charge in [-0.25, -0.2) is 4.98 Å². The number of hydrogen-bond acceptors (Lipinski definition) is 2. The second-order valence-corrected chi connectivity index (χ2v) is 6.17. The van der Waals surface area contributed by atoms with Crippen molar-refractivity contribution in [1.82, 2.24) is 9.55 Å². The molecular weight excluding hydrogens is 296 g/mol. The number of aromatic nitrogens is 2. The monoisotopic (exact) mass is 320 g/mol. The van der Waals surface area contributed by atoms with E-state index in [0.29, 0.717) is 5.92 Å². The summed E-state index contributed by atoms with van der Waals surface area (Å²) in [6, 6.07) is 17.0. The highest BCUT2D eigenvalue weighted by atomic mass is 16.5. The Hall–Kier alpha value is -2.55. The molecule has 0 saturated carbocycles. The van der Waals surface area contributed by atoms with Crippen molar-refractivity contribution < 1.29 is 4.74 Å². The van der Waals surface area contributed by atoms with E-state index >= 15 is 0 Å². The van der Waals surface area contributed by atoms with Gasteiger partial charge in [-0.1, -0.05) is 48.9 Å². The Morgan fingerprint density at radius 3 is 2.62 bits per heavy atom. The third-order valence-corrected chi connectivity index (χ3v) is 4.48. The van der Waals surface area contributed by atoms with Crippen molar-refractivity contribution in [2.24, 2.45) is 0 Å². The molecule has 0 radical (unpaired) electrons. The Kier molecular flexibility index (Phi) is 4.99. The SMILES string of the molecule is CCC(c1cccc(OC)c1)c1cncn1Cc1ccc(C)cc1. The minimum atomic E-state index is 0.313. The molecule has 1 heterocycles. The van der Waals surface area contributed by atoms with Gasteiger partial charge >= 0.3 is 0 Å². The van der Waals surface area contributed by atoms with Crippen LogP contribution in [0.1, 0.15) is 41.6 Å². The Morgan fingerprint density at radius 1 is 1.12 bits per heavy atom. The van der Waals surface area contributed by atoms with Crippen molar-refractivity contribution in [2.45, 2.75) is 32.7 Å². The van der Waals surface area contributed by atoms with E-state index < -0.39 is 0 Å². The van der Waals surface area contributed by atoms with Crippen molar-refractivity contribution in [3.63, 3.8) is 0 Å². The Bertz CT molecular complexity index is 790. The first kappa shape index (κ1) is 16.3. The minimum Gasteiger partial charge on any atom is -0.497 e. The van der Waals surface area contributed by atoms with E-state index in [-0.39, 0.29) is 0 Å². The highest BCUT2D eigenvalue weighted by Crippen LogP contribution is 2.30. The van der Waals surface area contributed by atoms with Gasteiger partial charge in [-0.15, -0.1) is 0 Å². The lowest BCUT2D eigenvalue weighted by Crippen LogP contribution is -2.09. The Morgan fingerprint density at radius 2 is 1.92 bits per heavy atom. The highest BCUT2D eigenvalue weighted by molar-refractivity contribution is 5.35. The number of rotatable bonds is 6. The third kappa shape index (κ3) is 3.51. The highest BCUT2D eigenvalue weighted by Gasteiger charge is 2.17. The van der Waals surface area contributed by atoms with E-state index in [1.54, 1.807) is 7.11 Å². The van der Waals surface area contributed by atoms with Gasteiger partial charge in [-0.2, -0.15) is 0 Å². The Balaban J connectivity index is 1.90. The molecule has 24 heavy (non-hydrogen) atoms. The molecular formula is C21H24N2O. The fourth-order valence-electron chi connectivity index (χ4n) is 3.12. The Labute approximate surface area is 143 Å². The number of hydrogen-bond donors (Lipinski definition) is 0. The second kappa shape index (κ2) is 7.35. The molecule has 1 atom stereocenters. The molecule has 0 bridgehead atoms. The smallest absolute Gasteiger partial charge is 0.119 e. The first-order valence-electron chi connectivity index (χ1n) is 8.40. The molecule has 0 aliphatic heterocycles. The van der Waals surface area contributed by atoms with Crippen LogP contribution in [-0.2, 0) is 6.54 Å². The van der Waals surface area contributed by atoms with Crippen LogP contribution < -0.4 is 4.74 Å². The second-order valence-electron chi connectivity index (χ2n) is 6.17. The largest absolute Gasteiger partial charge is 0.497 e. The zero-order chi connectivity index (χ0) is 16.9. The average molecular weight is 320 g/mol. The fraction of sp³-hybridized carbons (Fsp3) is 0.286. The molecule has 3 aromatic rings. The van der Waals surface area contributed by atoms with Gasteiger partial charge in [0.15, 0.2) is 0 Å². The van der Waals surface area contributed by atoms with Crippen LogP contribution in [0.15, 0.2) is 61.1 Å². The summed E-state index contributed by atoms with van der Waals surface area (Å²) in [6.07, 6.45) is 4.94. The summed E-state index contributed by atoms with van der Waals surface area (Å²) in [7, 11) is 1.71. The summed E-state index contributed by atoms with van der Waals surface area (Å²) in [4.78, 5) is 4.40. The summed E-state index contributed by atoms with van der Waals surface area (Å²) in [5.74, 6) is 1.21. The summed E-state index contributed by atoms with van der Waals surface area (Å²) in [6.45, 7) is 5.17. The van der Waals surface area contributed by atoms with Crippen LogP contribution >= 0.6 is 0 Å². The lowest BCUT2D eigenvalue weighted by atomic mass is 9.93. The van der Waals surface area contributed by atoms with Gasteiger partial charge in [-0.05, 0) is 36.6 Å². The van der Waals surface area contributed by atoms with Gasteiger partial charge in [0, 0.05) is 24.4 Å². The summed E-state index contributed by atoms with van der Waals surface area (Å²) < 4.78 is 7.63. The van der Waals surface area contributed by atoms with Crippen molar-refractivity contribution in [3.05, 3.63) is 83.4 Å². The molecule has 124 valence electrons. The van der Waals surface area contributed by atoms with Crippen molar-refractivity contribution >= 4 is 0 Å². The molecule has 1 aromatic heterocycles. The van der Waals surface area contributed by atoms with Crippen LogP contribution in [0, 0.1) is 6.92 Å². The van der Waals surface area contributed by atoms with Crippen LogP contribution in [0.25, 0.3) is 0 Å². The number of benzene rings is 2. The first-order chi connectivity index (χ1) is 11.7. The zero-order valence-corrected chi connectivity index (χ0v) is 14.6. The maximum absolute atomic E-state index is 5.38. The molecule has 2 aromatic carbocycles. The lowest BCUT2D eigenvalue weighted by molar-refractivity contribution is 0.414. The number of aryl methyl sites for hydroxylation is 1. The van der Waals surface area contributed by atoms with Gasteiger partial charge in [0.25, 0.3) is 0 Å². The summed E-state index contributed by atoms with van der Waals surface area (Å²) in [5.41, 5.74) is 5.08. The zero-order valence-electron chi connectivity index (χ0n) is 14.6. The maximum Gasteiger partial charge on any atom is 0.119 e. The molecule has 0 spiro atoms. The minimum absolute atomic E-state index is 0.313. The van der Waals surface area contributed by atoms with Crippen LogP contribution in [0.3, 0.4) is 0 Å². The van der Waals surface area contributed by atoms with Gasteiger partial charge in [0.2, 0.25) is 0 Å². The lowest BCUT2D eigenvalue weighted by Gasteiger charge is -2.18. The van der Waals surface area contributed by atoms with E-state index in [1.807, 2.05) is 18.6 Å². The number of imidazole rings is 1. The molecule has 0 N–H and O–H groups in total. The van der Waals surface area contributed by atoms with Crippen molar-refractivity contribution in [3.8, 4) is 5.75 Å². The van der Waals surface area contributed by atoms with Crippen LogP contribution in [0.5, 0.6) is 5.75 Å². The fourth-order valence-corrected chi connectivity index (χ4v) is 3.12. The topological polar surface area (TPSA) is 27.1 Å².